The zero-order valence-corrected chi connectivity index (χ0v) is 14.0. The van der Waals surface area contributed by atoms with Crippen LogP contribution in [-0.4, -0.2) is 21.0 Å². The lowest BCUT2D eigenvalue weighted by molar-refractivity contribution is 0.198. The summed E-state index contributed by atoms with van der Waals surface area (Å²) in [6, 6.07) is 4.20. The zero-order valence-electron chi connectivity index (χ0n) is 12.4. The number of aryl methyl sites for hydroxylation is 1. The van der Waals surface area contributed by atoms with Crippen LogP contribution in [0.25, 0.3) is 10.2 Å². The summed E-state index contributed by atoms with van der Waals surface area (Å²) in [5.74, 6) is 0. The molecule has 0 radical (unpaired) electrons. The van der Waals surface area contributed by atoms with Gasteiger partial charge in [-0.15, -0.1) is 22.7 Å². The quantitative estimate of drug-likeness (QED) is 0.740. The van der Waals surface area contributed by atoms with E-state index in [1.165, 1.54) is 15.3 Å². The maximum absolute atomic E-state index is 12.6. The normalized spacial score (nSPS) is 15.3. The fourth-order valence-corrected chi connectivity index (χ4v) is 4.74. The molecule has 0 amide bonds. The van der Waals surface area contributed by atoms with Crippen molar-refractivity contribution >= 4 is 32.9 Å². The number of nitrogens with zero attached hydrogens (tertiary/aromatic N) is 3. The van der Waals surface area contributed by atoms with Crippen LogP contribution in [0.1, 0.15) is 22.2 Å². The van der Waals surface area contributed by atoms with Gasteiger partial charge in [0.25, 0.3) is 5.56 Å². The zero-order chi connectivity index (χ0) is 15.1. The molecule has 4 rings (SSSR count). The van der Waals surface area contributed by atoms with Crippen molar-refractivity contribution in [3.63, 3.8) is 0 Å². The van der Waals surface area contributed by atoms with Gasteiger partial charge in [0.05, 0.1) is 12.1 Å². The van der Waals surface area contributed by atoms with Gasteiger partial charge in [0.2, 0.25) is 0 Å². The molecule has 4 heterocycles. The molecular formula is C16H17N3OS2. The Morgan fingerprint density at radius 2 is 2.32 bits per heavy atom. The number of rotatable bonds is 3. The number of aromatic nitrogens is 2. The number of fused-ring (bicyclic) bond motifs is 2. The van der Waals surface area contributed by atoms with Crippen LogP contribution in [0, 0.1) is 0 Å². The van der Waals surface area contributed by atoms with Gasteiger partial charge in [0.1, 0.15) is 11.2 Å². The molecule has 1 aliphatic rings. The molecule has 0 saturated carbocycles. The molecule has 0 aromatic carbocycles. The first-order valence-electron chi connectivity index (χ1n) is 7.50. The molecule has 114 valence electrons. The van der Waals surface area contributed by atoms with Crippen molar-refractivity contribution in [2.45, 2.75) is 33.0 Å². The largest absolute Gasteiger partial charge is 0.285 e. The van der Waals surface area contributed by atoms with Gasteiger partial charge in [-0.2, -0.15) is 0 Å². The molecule has 0 fully saturated rings. The van der Waals surface area contributed by atoms with Gasteiger partial charge in [0.15, 0.2) is 0 Å². The second kappa shape index (κ2) is 5.61. The maximum atomic E-state index is 12.6. The predicted molar refractivity (Wildman–Crippen MR) is 91.7 cm³/mol. The molecule has 4 nitrogen and oxygen atoms in total. The van der Waals surface area contributed by atoms with Crippen LogP contribution in [0.2, 0.25) is 0 Å². The number of thiophene rings is 2. The van der Waals surface area contributed by atoms with E-state index in [9.17, 15) is 4.79 Å². The minimum atomic E-state index is 0.0806. The lowest BCUT2D eigenvalue weighted by Crippen LogP contribution is -2.35. The van der Waals surface area contributed by atoms with E-state index >= 15 is 0 Å². The highest BCUT2D eigenvalue weighted by molar-refractivity contribution is 7.18. The van der Waals surface area contributed by atoms with Crippen molar-refractivity contribution < 1.29 is 0 Å². The van der Waals surface area contributed by atoms with Crippen LogP contribution >= 0.6 is 22.7 Å². The molecule has 3 aromatic rings. The highest BCUT2D eigenvalue weighted by Crippen LogP contribution is 2.24. The van der Waals surface area contributed by atoms with Crippen LogP contribution in [0.3, 0.4) is 0 Å². The standard InChI is InChI=1S/C16H17N3OS2/c1-2-12-7-13-15(22-12)17-9-19(16(13)20)10-18-5-3-14-11(8-18)4-6-21-14/h4,6-7,9H,2-3,5,8,10H2,1H3. The van der Waals surface area contributed by atoms with E-state index in [1.54, 1.807) is 22.2 Å². The van der Waals surface area contributed by atoms with E-state index in [-0.39, 0.29) is 5.56 Å². The molecule has 0 saturated heterocycles. The van der Waals surface area contributed by atoms with Gasteiger partial charge in [-0.1, -0.05) is 6.92 Å². The monoisotopic (exact) mass is 331 g/mol. The Labute approximate surface area is 136 Å². The van der Waals surface area contributed by atoms with Crippen molar-refractivity contribution in [3.8, 4) is 0 Å². The van der Waals surface area contributed by atoms with E-state index in [1.807, 2.05) is 17.4 Å². The summed E-state index contributed by atoms with van der Waals surface area (Å²) >= 11 is 3.46. The van der Waals surface area contributed by atoms with Crippen LogP contribution in [0.5, 0.6) is 0 Å². The molecule has 0 spiro atoms. The van der Waals surface area contributed by atoms with Crippen LogP contribution in [-0.2, 0) is 26.1 Å². The van der Waals surface area contributed by atoms with Crippen LogP contribution in [0.4, 0.5) is 0 Å². The highest BCUT2D eigenvalue weighted by Gasteiger charge is 2.18. The molecule has 3 aromatic heterocycles. The summed E-state index contributed by atoms with van der Waals surface area (Å²) in [4.78, 5) is 23.0. The lowest BCUT2D eigenvalue weighted by atomic mass is 10.1. The van der Waals surface area contributed by atoms with E-state index in [2.05, 4.69) is 28.3 Å². The molecule has 1 aliphatic heterocycles. The third-order valence-corrected chi connectivity index (χ3v) is 6.37. The van der Waals surface area contributed by atoms with E-state index in [0.717, 1.165) is 36.1 Å². The maximum Gasteiger partial charge on any atom is 0.263 e. The Hall–Kier alpha value is -1.50. The molecule has 0 atom stereocenters. The average Bonchev–Trinajstić information content (AvgIpc) is 3.16. The fourth-order valence-electron chi connectivity index (χ4n) is 2.93. The molecule has 0 aliphatic carbocycles. The Balaban J connectivity index is 1.62. The summed E-state index contributed by atoms with van der Waals surface area (Å²) < 4.78 is 1.74. The van der Waals surface area contributed by atoms with Gasteiger partial charge in [-0.05, 0) is 35.9 Å². The van der Waals surface area contributed by atoms with Crippen molar-refractivity contribution in [1.29, 1.82) is 0 Å². The summed E-state index contributed by atoms with van der Waals surface area (Å²) in [6.45, 7) is 4.65. The Bertz CT molecular complexity index is 877. The molecule has 0 bridgehead atoms. The lowest BCUT2D eigenvalue weighted by Gasteiger charge is -2.27. The number of hydrogen-bond acceptors (Lipinski definition) is 5. The smallest absolute Gasteiger partial charge is 0.263 e. The van der Waals surface area contributed by atoms with Crippen molar-refractivity contribution in [2.75, 3.05) is 6.54 Å². The topological polar surface area (TPSA) is 38.1 Å². The summed E-state index contributed by atoms with van der Waals surface area (Å²) in [5.41, 5.74) is 1.49. The van der Waals surface area contributed by atoms with E-state index in [0.29, 0.717) is 6.67 Å². The van der Waals surface area contributed by atoms with Gasteiger partial charge < -0.3 is 0 Å². The van der Waals surface area contributed by atoms with Gasteiger partial charge in [-0.3, -0.25) is 14.3 Å². The number of hydrogen-bond donors (Lipinski definition) is 0. The molecule has 0 unspecified atom stereocenters. The second-order valence-corrected chi connectivity index (χ2v) is 7.73. The van der Waals surface area contributed by atoms with Gasteiger partial charge in [-0.25, -0.2) is 4.98 Å². The Kier molecular flexibility index (Phi) is 3.60. The van der Waals surface area contributed by atoms with Crippen LogP contribution in [0.15, 0.2) is 28.6 Å². The minimum Gasteiger partial charge on any atom is -0.285 e. The second-order valence-electron chi connectivity index (χ2n) is 5.62. The summed E-state index contributed by atoms with van der Waals surface area (Å²) in [7, 11) is 0. The van der Waals surface area contributed by atoms with E-state index < -0.39 is 0 Å². The summed E-state index contributed by atoms with van der Waals surface area (Å²) in [6.07, 6.45) is 3.73. The highest BCUT2D eigenvalue weighted by atomic mass is 32.1. The van der Waals surface area contributed by atoms with Crippen molar-refractivity contribution in [1.82, 2.24) is 14.5 Å². The Morgan fingerprint density at radius 3 is 3.18 bits per heavy atom. The molecule has 22 heavy (non-hydrogen) atoms. The van der Waals surface area contributed by atoms with Gasteiger partial charge >= 0.3 is 0 Å². The third-order valence-electron chi connectivity index (χ3n) is 4.16. The first-order chi connectivity index (χ1) is 10.7. The first kappa shape index (κ1) is 14.1. The van der Waals surface area contributed by atoms with Gasteiger partial charge in [0, 0.05) is 22.8 Å². The molecule has 6 heteroatoms. The summed E-state index contributed by atoms with van der Waals surface area (Å²) in [5, 5.41) is 2.92. The average molecular weight is 331 g/mol. The third kappa shape index (κ3) is 2.41. The Morgan fingerprint density at radius 1 is 1.41 bits per heavy atom. The first-order valence-corrected chi connectivity index (χ1v) is 9.19. The molecule has 0 N–H and O–H groups in total. The molecular weight excluding hydrogens is 314 g/mol. The fraction of sp³-hybridized carbons (Fsp3) is 0.375. The van der Waals surface area contributed by atoms with Crippen molar-refractivity contribution in [3.05, 3.63) is 49.5 Å². The van der Waals surface area contributed by atoms with Crippen molar-refractivity contribution in [2.24, 2.45) is 0 Å². The minimum absolute atomic E-state index is 0.0806. The van der Waals surface area contributed by atoms with E-state index in [4.69, 9.17) is 0 Å². The van der Waals surface area contributed by atoms with Crippen LogP contribution < -0.4 is 5.56 Å². The SMILES string of the molecule is CCc1cc2c(=O)n(CN3CCc4sccc4C3)cnc2s1. The predicted octanol–water partition coefficient (Wildman–Crippen LogP) is 3.10.